The van der Waals surface area contributed by atoms with Crippen molar-refractivity contribution in [3.8, 4) is 92.0 Å². The summed E-state index contributed by atoms with van der Waals surface area (Å²) < 4.78 is 0. The summed E-state index contributed by atoms with van der Waals surface area (Å²) >= 11 is 0. The first-order chi connectivity index (χ1) is 44.3. The number of hydrogen-bond donors (Lipinski definition) is 10. The summed E-state index contributed by atoms with van der Waals surface area (Å²) in [5, 5.41) is 265. The molecule has 0 aliphatic heterocycles. The molecule has 0 amide bonds. The molecule has 0 aromatic heterocycles. The molecule has 0 aliphatic rings. The van der Waals surface area contributed by atoms with Crippen molar-refractivity contribution in [1.29, 1.82) is 0 Å². The Morgan fingerprint density at radius 2 is 0.225 bits per heavy atom. The van der Waals surface area contributed by atoms with Gasteiger partial charge < -0.3 is 153 Å². The van der Waals surface area contributed by atoms with Crippen molar-refractivity contribution >= 4 is 231 Å². The van der Waals surface area contributed by atoms with Gasteiger partial charge in [-0.05, 0) is 60.7 Å². The van der Waals surface area contributed by atoms with Crippen LogP contribution in [0.15, 0.2) is 194 Å². The minimum absolute atomic E-state index is 0. The maximum atomic E-state index is 10.3. The Labute approximate surface area is 760 Å². The van der Waals surface area contributed by atoms with Gasteiger partial charge in [0.05, 0.1) is 0 Å². The molecule has 30 nitrogen and oxygen atoms in total. The second kappa shape index (κ2) is 156. The van der Waals surface area contributed by atoms with E-state index in [1.807, 2.05) is 0 Å². The first kappa shape index (κ1) is 169. The largest absolute Gasteiger partial charge is 2.00 e. The monoisotopic (exact) mass is 1550 g/mol. The minimum Gasteiger partial charge on any atom is -0.872 e. The molecule has 532 valence electrons. The summed E-state index contributed by atoms with van der Waals surface area (Å²) in [5.41, 5.74) is 0. The summed E-state index contributed by atoms with van der Waals surface area (Å²) in [7, 11) is 11.2. The molecule has 102 heavy (non-hydrogen) atoms. The van der Waals surface area contributed by atoms with Gasteiger partial charge in [-0.25, -0.2) is 0 Å². The predicted molar refractivity (Wildman–Crippen MR) is 365 cm³/mol. The zero-order valence-corrected chi connectivity index (χ0v) is 74.3. The smallest absolute Gasteiger partial charge is 0.872 e. The van der Waals surface area contributed by atoms with Crippen LogP contribution in [0.5, 0.6) is 92.0 Å². The Kier molecular flexibility index (Phi) is 259. The average Bonchev–Trinajstić information content (AvgIpc) is 3.58. The van der Waals surface area contributed by atoms with Crippen LogP contribution in [0.1, 0.15) is 0 Å². The molecule has 0 saturated heterocycles. The molecular formula is C62H84Mg10O30. The summed E-state index contributed by atoms with van der Waals surface area (Å²) in [5.74, 6) is -1.41. The number of aliphatic hydroxyl groups is 3. The standard InChI is InChI=1S/8C6H6O2.3CH4O.11CH3O.10Mg/c8*7-5-2-1-3-6(8)4-5;14*1-2;;;;;;;;;;/h8*1-4,7-8H;3*2H,1H3;11*1H3;;;;;;;;;;/q;;;;;;;;;;;11*-1;10*+2/p-9. The van der Waals surface area contributed by atoms with Crippen LogP contribution in [0, 0.1) is 0 Å². The molecule has 10 N–H and O–H groups in total. The van der Waals surface area contributed by atoms with E-state index in [1.54, 1.807) is 12.1 Å². The van der Waals surface area contributed by atoms with E-state index in [4.69, 9.17) is 107 Å². The number of aliphatic hydroxyl groups excluding tert-OH is 3. The number of benzene rings is 8. The Bertz CT molecular complexity index is 1930. The SMILES string of the molecule is CO.CO.CO.C[O-].C[O-].C[O-].C[O-].C[O-].C[O-].C[O-].C[O-].C[O-].C[O-].C[O-].Oc1cccc(O)c1.Oc1cccc(O)c1.[Mg+2].[Mg+2].[Mg+2].[Mg+2].[Mg+2].[Mg+2].[Mg+2].[Mg+2].[Mg+2].[Mg+2].[O-]c1cccc(O)c1.[O-]c1cccc(O)c1.[O-]c1cccc(O)c1.[O-]c1cccc([O-])c1.[O-]c1cccc([O-])c1.[O-]c1cccc([O-])c1. The first-order valence-corrected chi connectivity index (χ1v) is 23.8. The van der Waals surface area contributed by atoms with Crippen LogP contribution >= 0.6 is 0 Å². The van der Waals surface area contributed by atoms with E-state index in [-0.39, 0.29) is 323 Å². The third-order valence-corrected chi connectivity index (χ3v) is 6.53. The van der Waals surface area contributed by atoms with Crippen molar-refractivity contribution in [2.45, 2.75) is 0 Å². The fraction of sp³-hybridized carbons (Fsp3) is 0.226. The van der Waals surface area contributed by atoms with Crippen LogP contribution in [0.3, 0.4) is 0 Å². The Morgan fingerprint density at radius 3 is 0.275 bits per heavy atom. The molecule has 40 heteroatoms. The fourth-order valence-electron chi connectivity index (χ4n) is 3.86. The molecule has 0 spiro atoms. The van der Waals surface area contributed by atoms with E-state index >= 15 is 0 Å². The van der Waals surface area contributed by atoms with Crippen molar-refractivity contribution in [3.05, 3.63) is 194 Å². The normalized spacial score (nSPS) is 6.47. The summed E-state index contributed by atoms with van der Waals surface area (Å²) in [6.07, 6.45) is 0. The number of rotatable bonds is 0. The number of phenols is 7. The van der Waals surface area contributed by atoms with Gasteiger partial charge in [-0.1, -0.05) is 121 Å². The van der Waals surface area contributed by atoms with Gasteiger partial charge in [0, 0.05) is 33.5 Å². The third-order valence-electron chi connectivity index (χ3n) is 6.53. The van der Waals surface area contributed by atoms with Gasteiger partial charge in [0.15, 0.2) is 0 Å². The van der Waals surface area contributed by atoms with E-state index < -0.39 is 0 Å². The quantitative estimate of drug-likeness (QED) is 0.0630. The Hall–Kier alpha value is -2.34. The van der Waals surface area contributed by atoms with E-state index in [0.717, 1.165) is 118 Å². The summed E-state index contributed by atoms with van der Waals surface area (Å²) in [6.45, 7) is 0. The summed E-state index contributed by atoms with van der Waals surface area (Å²) in [4.78, 5) is 0. The fourth-order valence-corrected chi connectivity index (χ4v) is 3.86. The van der Waals surface area contributed by atoms with Crippen LogP contribution in [0.25, 0.3) is 0 Å². The molecule has 0 aliphatic carbocycles. The van der Waals surface area contributed by atoms with Gasteiger partial charge in [0.1, 0.15) is 40.2 Å². The third kappa shape index (κ3) is 151. The average molecular weight is 1550 g/mol. The van der Waals surface area contributed by atoms with E-state index in [2.05, 4.69) is 0 Å². The molecule has 0 heterocycles. The molecule has 8 aromatic rings. The van der Waals surface area contributed by atoms with E-state index in [0.29, 0.717) is 0 Å². The Morgan fingerprint density at radius 1 is 0.147 bits per heavy atom. The summed E-state index contributed by atoms with van der Waals surface area (Å²) in [6, 6.07) is 43.9. The molecular weight excluding hydrogens is 1470 g/mol. The van der Waals surface area contributed by atoms with Crippen LogP contribution in [0.4, 0.5) is 0 Å². The van der Waals surface area contributed by atoms with Crippen molar-refractivity contribution in [3.63, 3.8) is 0 Å². The number of aromatic hydroxyl groups is 7. The number of phenolic OH excluding ortho intramolecular Hbond substituents is 7. The minimum atomic E-state index is -0.225. The second-order valence-electron chi connectivity index (χ2n) is 12.0. The zero-order chi connectivity index (χ0) is 75.9. The predicted octanol–water partition coefficient (Wildman–Crippen LogP) is -13.1. The maximum Gasteiger partial charge on any atom is 2.00 e. The van der Waals surface area contributed by atoms with Crippen LogP contribution in [0.2, 0.25) is 0 Å². The molecule has 0 unspecified atom stereocenters. The topological polar surface area (TPSA) is 663 Å². The molecule has 8 aromatic carbocycles. The zero-order valence-electron chi connectivity index (χ0n) is 60.2. The van der Waals surface area contributed by atoms with Crippen molar-refractivity contribution in [2.24, 2.45) is 0 Å². The van der Waals surface area contributed by atoms with E-state index in [9.17, 15) is 46.0 Å². The maximum absolute atomic E-state index is 10.3. The van der Waals surface area contributed by atoms with Gasteiger partial charge in [-0.3, -0.25) is 0 Å². The van der Waals surface area contributed by atoms with Crippen LogP contribution < -0.4 is 102 Å². The molecule has 8 rings (SSSR count). The van der Waals surface area contributed by atoms with Gasteiger partial charge in [0.25, 0.3) is 0 Å². The molecule has 0 bridgehead atoms. The Balaban J connectivity index is -0.0000000291. The van der Waals surface area contributed by atoms with Crippen LogP contribution in [-0.4, -0.2) is 381 Å². The number of hydrogen-bond acceptors (Lipinski definition) is 30. The first-order valence-electron chi connectivity index (χ1n) is 23.8. The van der Waals surface area contributed by atoms with Crippen molar-refractivity contribution < 1.29 is 153 Å². The van der Waals surface area contributed by atoms with Crippen molar-refractivity contribution in [1.82, 2.24) is 0 Å². The van der Waals surface area contributed by atoms with Gasteiger partial charge >= 0.3 is 231 Å². The van der Waals surface area contributed by atoms with Crippen molar-refractivity contribution in [2.75, 3.05) is 99.5 Å². The molecule has 0 fully saturated rings. The molecule has 0 radical (unpaired) electrons. The van der Waals surface area contributed by atoms with Crippen LogP contribution in [-0.2, 0) is 0 Å². The second-order valence-corrected chi connectivity index (χ2v) is 12.0. The molecule has 0 atom stereocenters. The van der Waals surface area contributed by atoms with Gasteiger partial charge in [-0.2, -0.15) is 78.2 Å². The van der Waals surface area contributed by atoms with Gasteiger partial charge in [-0.15, -0.1) is 51.7 Å². The molecule has 0 saturated carbocycles. The van der Waals surface area contributed by atoms with Gasteiger partial charge in [0.2, 0.25) is 0 Å². The van der Waals surface area contributed by atoms with E-state index in [1.165, 1.54) is 164 Å².